The highest BCUT2D eigenvalue weighted by Gasteiger charge is 2.31. The molecule has 0 radical (unpaired) electrons. The van der Waals surface area contributed by atoms with Crippen LogP contribution in [-0.4, -0.2) is 23.7 Å². The third kappa shape index (κ3) is 4.23. The van der Waals surface area contributed by atoms with Crippen LogP contribution in [0.25, 0.3) is 0 Å². The maximum Gasteiger partial charge on any atom is 0.416 e. The minimum Gasteiger partial charge on any atom is -0.391 e. The van der Waals surface area contributed by atoms with Gasteiger partial charge in [0.2, 0.25) is 5.91 Å². The molecule has 1 unspecified atom stereocenters. The quantitative estimate of drug-likeness (QED) is 0.871. The van der Waals surface area contributed by atoms with Crippen molar-refractivity contribution >= 4 is 5.91 Å². The normalized spacial score (nSPS) is 16.8. The summed E-state index contributed by atoms with van der Waals surface area (Å²) < 4.78 is 37.6. The van der Waals surface area contributed by atoms with Gasteiger partial charge in [-0.3, -0.25) is 4.79 Å². The number of carbonyl (C=O) groups excluding carboxylic acids is 1. The van der Waals surface area contributed by atoms with E-state index < -0.39 is 17.8 Å². The molecule has 1 aliphatic rings. The average molecular weight is 287 g/mol. The van der Waals surface area contributed by atoms with Gasteiger partial charge in [0.25, 0.3) is 0 Å². The lowest BCUT2D eigenvalue weighted by Crippen LogP contribution is -2.34. The van der Waals surface area contributed by atoms with Crippen LogP contribution in [0.4, 0.5) is 13.2 Å². The maximum atomic E-state index is 12.5. The van der Waals surface area contributed by atoms with Gasteiger partial charge in [0.15, 0.2) is 0 Å². The SMILES string of the molecule is O=C(Cc1cccc(C(F)(F)F)c1)NCC(O)C1CC1. The van der Waals surface area contributed by atoms with Gasteiger partial charge in [-0.05, 0) is 30.4 Å². The van der Waals surface area contributed by atoms with E-state index in [1.54, 1.807) is 0 Å². The first-order valence-corrected chi connectivity index (χ1v) is 6.47. The Kier molecular flexibility index (Phi) is 4.32. The van der Waals surface area contributed by atoms with Crippen molar-refractivity contribution in [2.24, 2.45) is 5.92 Å². The number of rotatable bonds is 5. The first-order chi connectivity index (χ1) is 9.36. The van der Waals surface area contributed by atoms with Crippen LogP contribution >= 0.6 is 0 Å². The molecule has 20 heavy (non-hydrogen) atoms. The number of halogens is 3. The number of carbonyl (C=O) groups is 1. The standard InChI is InChI=1S/C14H16F3NO2/c15-14(16,17)11-3-1-2-9(6-11)7-13(20)18-8-12(19)10-4-5-10/h1-3,6,10,12,19H,4-5,7-8H2,(H,18,20). The van der Waals surface area contributed by atoms with Gasteiger partial charge in [-0.25, -0.2) is 0 Å². The molecule has 0 heterocycles. The van der Waals surface area contributed by atoms with Gasteiger partial charge >= 0.3 is 6.18 Å². The van der Waals surface area contributed by atoms with Gasteiger partial charge in [0, 0.05) is 6.54 Å². The second-order valence-electron chi connectivity index (χ2n) is 5.08. The molecular formula is C14H16F3NO2. The lowest BCUT2D eigenvalue weighted by atomic mass is 10.1. The molecule has 1 aromatic carbocycles. The Labute approximate surface area is 114 Å². The summed E-state index contributed by atoms with van der Waals surface area (Å²) >= 11 is 0. The molecule has 6 heteroatoms. The van der Waals surface area contributed by atoms with E-state index >= 15 is 0 Å². The largest absolute Gasteiger partial charge is 0.416 e. The van der Waals surface area contributed by atoms with Crippen LogP contribution in [-0.2, 0) is 17.4 Å². The van der Waals surface area contributed by atoms with Crippen LogP contribution in [0.5, 0.6) is 0 Å². The lowest BCUT2D eigenvalue weighted by molar-refractivity contribution is -0.137. The minimum absolute atomic E-state index is 0.124. The minimum atomic E-state index is -4.41. The fourth-order valence-corrected chi connectivity index (χ4v) is 1.97. The van der Waals surface area contributed by atoms with Crippen LogP contribution in [0.3, 0.4) is 0 Å². The third-order valence-electron chi connectivity index (χ3n) is 3.29. The summed E-state index contributed by atoms with van der Waals surface area (Å²) in [6.45, 7) is 0.155. The number of aliphatic hydroxyl groups excluding tert-OH is 1. The molecule has 2 rings (SSSR count). The summed E-state index contributed by atoms with van der Waals surface area (Å²) in [6, 6.07) is 4.70. The molecule has 0 aromatic heterocycles. The summed E-state index contributed by atoms with van der Waals surface area (Å²) in [5, 5.41) is 12.1. The first-order valence-electron chi connectivity index (χ1n) is 6.47. The van der Waals surface area contributed by atoms with E-state index in [4.69, 9.17) is 0 Å². The number of aliphatic hydroxyl groups is 1. The van der Waals surface area contributed by atoms with E-state index in [0.717, 1.165) is 25.0 Å². The van der Waals surface area contributed by atoms with Gasteiger partial charge < -0.3 is 10.4 Å². The second-order valence-corrected chi connectivity index (χ2v) is 5.08. The predicted octanol–water partition coefficient (Wildman–Crippen LogP) is 2.13. The van der Waals surface area contributed by atoms with Crippen LogP contribution in [0, 0.1) is 5.92 Å². The summed E-state index contributed by atoms with van der Waals surface area (Å²) in [6.07, 6.45) is -3.16. The average Bonchev–Trinajstić information content (AvgIpc) is 3.19. The predicted molar refractivity (Wildman–Crippen MR) is 66.9 cm³/mol. The molecule has 3 nitrogen and oxygen atoms in total. The van der Waals surface area contributed by atoms with E-state index in [1.165, 1.54) is 12.1 Å². The molecule has 1 aromatic rings. The molecular weight excluding hydrogens is 271 g/mol. The van der Waals surface area contributed by atoms with E-state index in [2.05, 4.69) is 5.32 Å². The number of hydrogen-bond acceptors (Lipinski definition) is 2. The van der Waals surface area contributed by atoms with Crippen molar-refractivity contribution in [1.29, 1.82) is 0 Å². The monoisotopic (exact) mass is 287 g/mol. The summed E-state index contributed by atoms with van der Waals surface area (Å²) in [7, 11) is 0. The van der Waals surface area contributed by atoms with Crippen molar-refractivity contribution in [1.82, 2.24) is 5.32 Å². The lowest BCUT2D eigenvalue weighted by Gasteiger charge is -2.11. The van der Waals surface area contributed by atoms with Crippen molar-refractivity contribution in [3.05, 3.63) is 35.4 Å². The zero-order valence-corrected chi connectivity index (χ0v) is 10.8. The van der Waals surface area contributed by atoms with Crippen molar-refractivity contribution in [2.75, 3.05) is 6.54 Å². The second kappa shape index (κ2) is 5.83. The number of amides is 1. The zero-order chi connectivity index (χ0) is 14.8. The Morgan fingerprint density at radius 3 is 2.70 bits per heavy atom. The Bertz CT molecular complexity index is 484. The van der Waals surface area contributed by atoms with Crippen molar-refractivity contribution in [2.45, 2.75) is 31.5 Å². The smallest absolute Gasteiger partial charge is 0.391 e. The molecule has 1 fully saturated rings. The van der Waals surface area contributed by atoms with Crippen LogP contribution in [0.15, 0.2) is 24.3 Å². The number of nitrogens with one attached hydrogen (secondary N) is 1. The molecule has 1 aliphatic carbocycles. The van der Waals surface area contributed by atoms with E-state index in [0.29, 0.717) is 5.56 Å². The number of benzene rings is 1. The highest BCUT2D eigenvalue weighted by Crippen LogP contribution is 2.32. The van der Waals surface area contributed by atoms with E-state index in [-0.39, 0.29) is 24.8 Å². The highest BCUT2D eigenvalue weighted by atomic mass is 19.4. The Morgan fingerprint density at radius 2 is 2.10 bits per heavy atom. The topological polar surface area (TPSA) is 49.3 Å². The number of alkyl halides is 3. The van der Waals surface area contributed by atoms with Crippen molar-refractivity contribution in [3.63, 3.8) is 0 Å². The Hall–Kier alpha value is -1.56. The van der Waals surface area contributed by atoms with Crippen LogP contribution in [0.1, 0.15) is 24.0 Å². The van der Waals surface area contributed by atoms with E-state index in [9.17, 15) is 23.1 Å². The molecule has 0 aliphatic heterocycles. The van der Waals surface area contributed by atoms with E-state index in [1.807, 2.05) is 0 Å². The highest BCUT2D eigenvalue weighted by molar-refractivity contribution is 5.78. The van der Waals surface area contributed by atoms with Gasteiger partial charge in [-0.1, -0.05) is 18.2 Å². The molecule has 1 atom stereocenters. The Morgan fingerprint density at radius 1 is 1.40 bits per heavy atom. The van der Waals surface area contributed by atoms with Crippen molar-refractivity contribution in [3.8, 4) is 0 Å². The summed E-state index contributed by atoms with van der Waals surface area (Å²) in [4.78, 5) is 11.6. The number of hydrogen-bond donors (Lipinski definition) is 2. The molecule has 1 saturated carbocycles. The molecule has 0 saturated heterocycles. The maximum absolute atomic E-state index is 12.5. The van der Waals surface area contributed by atoms with Gasteiger partial charge in [0.1, 0.15) is 0 Å². The molecule has 2 N–H and O–H groups in total. The third-order valence-corrected chi connectivity index (χ3v) is 3.29. The first kappa shape index (κ1) is 14.8. The van der Waals surface area contributed by atoms with Crippen LogP contribution in [0.2, 0.25) is 0 Å². The molecule has 110 valence electrons. The fourth-order valence-electron chi connectivity index (χ4n) is 1.97. The van der Waals surface area contributed by atoms with Gasteiger partial charge in [-0.2, -0.15) is 13.2 Å². The van der Waals surface area contributed by atoms with Crippen molar-refractivity contribution < 1.29 is 23.1 Å². The fraction of sp³-hybridized carbons (Fsp3) is 0.500. The molecule has 1 amide bonds. The summed E-state index contributed by atoms with van der Waals surface area (Å²) in [5.74, 6) is -0.132. The van der Waals surface area contributed by atoms with Gasteiger partial charge in [0.05, 0.1) is 18.1 Å². The summed E-state index contributed by atoms with van der Waals surface area (Å²) in [5.41, 5.74) is -0.459. The zero-order valence-electron chi connectivity index (χ0n) is 10.8. The molecule has 0 bridgehead atoms. The Balaban J connectivity index is 1.87. The molecule has 0 spiro atoms. The van der Waals surface area contributed by atoms with Gasteiger partial charge in [-0.15, -0.1) is 0 Å². The van der Waals surface area contributed by atoms with Crippen LogP contribution < -0.4 is 5.32 Å².